The molecular weight excluding hydrogens is 434 g/mol. The second-order valence-corrected chi connectivity index (χ2v) is 9.96. The van der Waals surface area contributed by atoms with Gasteiger partial charge in [-0.3, -0.25) is 9.36 Å². The highest BCUT2D eigenvalue weighted by molar-refractivity contribution is 7.99. The Morgan fingerprint density at radius 1 is 1.16 bits per heavy atom. The summed E-state index contributed by atoms with van der Waals surface area (Å²) >= 11 is 1.28. The van der Waals surface area contributed by atoms with E-state index in [0.717, 1.165) is 11.3 Å². The van der Waals surface area contributed by atoms with Gasteiger partial charge in [-0.2, -0.15) is 0 Å². The first-order valence-corrected chi connectivity index (χ1v) is 12.2. The summed E-state index contributed by atoms with van der Waals surface area (Å²) in [7, 11) is -3.58. The third-order valence-electron chi connectivity index (χ3n) is 4.25. The molecule has 2 N–H and O–H groups in total. The molecule has 0 aliphatic rings. The highest BCUT2D eigenvalue weighted by atomic mass is 32.2. The molecule has 0 fully saturated rings. The van der Waals surface area contributed by atoms with Crippen molar-refractivity contribution in [1.29, 1.82) is 0 Å². The van der Waals surface area contributed by atoms with Crippen molar-refractivity contribution in [3.63, 3.8) is 0 Å². The number of hydrogen-bond donors (Lipinski definition) is 2. The van der Waals surface area contributed by atoms with Gasteiger partial charge in [0.05, 0.1) is 10.6 Å². The van der Waals surface area contributed by atoms with Crippen LogP contribution in [-0.2, 0) is 21.4 Å². The van der Waals surface area contributed by atoms with Crippen LogP contribution in [0.5, 0.6) is 0 Å². The number of rotatable bonds is 9. The molecule has 8 nitrogen and oxygen atoms in total. The number of carbonyl (C=O) groups is 1. The van der Waals surface area contributed by atoms with Crippen molar-refractivity contribution < 1.29 is 13.2 Å². The minimum Gasteiger partial charge on any atom is -0.351 e. The molecule has 0 aliphatic heterocycles. The van der Waals surface area contributed by atoms with Crippen LogP contribution in [0.15, 0.2) is 64.9 Å². The Kier molecular flexibility index (Phi) is 7.47. The zero-order chi connectivity index (χ0) is 22.4. The fourth-order valence-electron chi connectivity index (χ4n) is 2.79. The average molecular weight is 460 g/mol. The number of carbonyl (C=O) groups excluding carboxylic acids is 1. The molecule has 1 heterocycles. The van der Waals surface area contributed by atoms with Gasteiger partial charge in [0.1, 0.15) is 6.33 Å². The fraction of sp³-hybridized carbons (Fsp3) is 0.286. The number of aromatic nitrogens is 3. The molecule has 0 unspecified atom stereocenters. The standard InChI is InChI=1S/C21H25N5O3S2/c1-15(2)25-31(28,29)19-6-4-5-17(11-19)12-22-20(27)13-30-21-24-23-14-26(21)18-9-7-16(3)8-10-18/h4-11,14-15,25H,12-13H2,1-3H3,(H,22,27). The molecule has 3 aromatic rings. The smallest absolute Gasteiger partial charge is 0.240 e. The van der Waals surface area contributed by atoms with Crippen LogP contribution in [0.25, 0.3) is 5.69 Å². The third kappa shape index (κ3) is 6.39. The molecule has 0 saturated heterocycles. The second kappa shape index (κ2) is 10.1. The summed E-state index contributed by atoms with van der Waals surface area (Å²) in [4.78, 5) is 12.5. The average Bonchev–Trinajstić information content (AvgIpc) is 3.19. The van der Waals surface area contributed by atoms with E-state index in [0.29, 0.717) is 10.7 Å². The lowest BCUT2D eigenvalue weighted by Crippen LogP contribution is -2.30. The molecule has 0 atom stereocenters. The molecule has 3 rings (SSSR count). The predicted octanol–water partition coefficient (Wildman–Crippen LogP) is 2.67. The van der Waals surface area contributed by atoms with Gasteiger partial charge in [-0.25, -0.2) is 13.1 Å². The molecule has 31 heavy (non-hydrogen) atoms. The molecule has 10 heteroatoms. The molecule has 164 valence electrons. The van der Waals surface area contributed by atoms with Crippen LogP contribution in [-0.4, -0.2) is 40.9 Å². The summed E-state index contributed by atoms with van der Waals surface area (Å²) < 4.78 is 29.0. The van der Waals surface area contributed by atoms with Gasteiger partial charge in [-0.15, -0.1) is 10.2 Å². The van der Waals surface area contributed by atoms with E-state index in [1.54, 1.807) is 38.4 Å². The van der Waals surface area contributed by atoms with Crippen molar-refractivity contribution in [3.8, 4) is 5.69 Å². The van der Waals surface area contributed by atoms with Crippen molar-refractivity contribution >= 4 is 27.7 Å². The van der Waals surface area contributed by atoms with Gasteiger partial charge >= 0.3 is 0 Å². The molecule has 0 aliphatic carbocycles. The Morgan fingerprint density at radius 2 is 1.90 bits per heavy atom. The summed E-state index contributed by atoms with van der Waals surface area (Å²) in [6, 6.07) is 14.3. The van der Waals surface area contributed by atoms with Crippen LogP contribution in [0, 0.1) is 6.92 Å². The van der Waals surface area contributed by atoms with Crippen molar-refractivity contribution in [1.82, 2.24) is 24.8 Å². The summed E-state index contributed by atoms with van der Waals surface area (Å²) in [5.74, 6) is -0.0192. The van der Waals surface area contributed by atoms with Crippen LogP contribution < -0.4 is 10.0 Å². The minimum absolute atomic E-state index is 0.164. The summed E-state index contributed by atoms with van der Waals surface area (Å²) in [6.45, 7) is 5.77. The van der Waals surface area contributed by atoms with E-state index in [1.165, 1.54) is 17.8 Å². The van der Waals surface area contributed by atoms with E-state index in [2.05, 4.69) is 20.2 Å². The summed E-state index contributed by atoms with van der Waals surface area (Å²) in [5, 5.41) is 11.5. The maximum absolute atomic E-state index is 12.3. The van der Waals surface area contributed by atoms with Crippen LogP contribution in [0.3, 0.4) is 0 Å². The molecule has 1 amide bonds. The van der Waals surface area contributed by atoms with Crippen molar-refractivity contribution in [3.05, 3.63) is 66.0 Å². The van der Waals surface area contributed by atoms with E-state index in [9.17, 15) is 13.2 Å². The Balaban J connectivity index is 1.57. The van der Waals surface area contributed by atoms with E-state index in [-0.39, 0.29) is 29.1 Å². The first-order valence-electron chi connectivity index (χ1n) is 9.72. The monoisotopic (exact) mass is 459 g/mol. The first kappa shape index (κ1) is 23.0. The number of nitrogens with zero attached hydrogens (tertiary/aromatic N) is 3. The number of thioether (sulfide) groups is 1. The zero-order valence-electron chi connectivity index (χ0n) is 17.6. The van der Waals surface area contributed by atoms with E-state index < -0.39 is 10.0 Å². The number of aryl methyl sites for hydroxylation is 1. The SMILES string of the molecule is Cc1ccc(-n2cnnc2SCC(=O)NCc2cccc(S(=O)(=O)NC(C)C)c2)cc1. The van der Waals surface area contributed by atoms with Gasteiger partial charge in [0.2, 0.25) is 15.9 Å². The van der Waals surface area contributed by atoms with Crippen LogP contribution >= 0.6 is 11.8 Å². The van der Waals surface area contributed by atoms with Gasteiger partial charge in [-0.1, -0.05) is 41.6 Å². The lowest BCUT2D eigenvalue weighted by Gasteiger charge is -2.11. The fourth-order valence-corrected chi connectivity index (χ4v) is 4.87. The van der Waals surface area contributed by atoms with Crippen molar-refractivity contribution in [2.24, 2.45) is 0 Å². The van der Waals surface area contributed by atoms with Crippen LogP contribution in [0.2, 0.25) is 0 Å². The largest absolute Gasteiger partial charge is 0.351 e. The van der Waals surface area contributed by atoms with Crippen LogP contribution in [0.1, 0.15) is 25.0 Å². The Hall–Kier alpha value is -2.69. The molecule has 1 aromatic heterocycles. The van der Waals surface area contributed by atoms with E-state index >= 15 is 0 Å². The molecule has 0 radical (unpaired) electrons. The number of amides is 1. The number of hydrogen-bond acceptors (Lipinski definition) is 6. The number of sulfonamides is 1. The lowest BCUT2D eigenvalue weighted by atomic mass is 10.2. The maximum Gasteiger partial charge on any atom is 0.240 e. The summed E-state index contributed by atoms with van der Waals surface area (Å²) in [5.41, 5.74) is 2.78. The molecular formula is C21H25N5O3S2. The normalized spacial score (nSPS) is 11.6. The van der Waals surface area contributed by atoms with Gasteiger partial charge < -0.3 is 5.32 Å². The topological polar surface area (TPSA) is 106 Å². The second-order valence-electron chi connectivity index (χ2n) is 7.31. The summed E-state index contributed by atoms with van der Waals surface area (Å²) in [6.07, 6.45) is 1.61. The minimum atomic E-state index is -3.58. The lowest BCUT2D eigenvalue weighted by molar-refractivity contribution is -0.118. The van der Waals surface area contributed by atoms with Gasteiger partial charge in [0.25, 0.3) is 0 Å². The quantitative estimate of drug-likeness (QED) is 0.477. The maximum atomic E-state index is 12.3. The Bertz CT molecular complexity index is 1140. The van der Waals surface area contributed by atoms with Gasteiger partial charge in [0.15, 0.2) is 5.16 Å². The van der Waals surface area contributed by atoms with E-state index in [1.807, 2.05) is 35.8 Å². The van der Waals surface area contributed by atoms with Gasteiger partial charge in [0, 0.05) is 18.3 Å². The highest BCUT2D eigenvalue weighted by Crippen LogP contribution is 2.19. The van der Waals surface area contributed by atoms with Crippen molar-refractivity contribution in [2.45, 2.75) is 43.4 Å². The Morgan fingerprint density at radius 3 is 2.61 bits per heavy atom. The number of nitrogens with one attached hydrogen (secondary N) is 2. The zero-order valence-corrected chi connectivity index (χ0v) is 19.2. The highest BCUT2D eigenvalue weighted by Gasteiger charge is 2.16. The van der Waals surface area contributed by atoms with E-state index in [4.69, 9.17) is 0 Å². The molecule has 0 bridgehead atoms. The first-order chi connectivity index (χ1) is 14.7. The van der Waals surface area contributed by atoms with Crippen molar-refractivity contribution in [2.75, 3.05) is 5.75 Å². The molecule has 2 aromatic carbocycles. The van der Waals surface area contributed by atoms with Crippen LogP contribution in [0.4, 0.5) is 0 Å². The number of benzene rings is 2. The van der Waals surface area contributed by atoms with Gasteiger partial charge in [-0.05, 0) is 50.6 Å². The third-order valence-corrected chi connectivity index (χ3v) is 6.85. The molecule has 0 saturated carbocycles. The Labute approximate surface area is 186 Å². The predicted molar refractivity (Wildman–Crippen MR) is 121 cm³/mol. The molecule has 0 spiro atoms.